The first-order chi connectivity index (χ1) is 13.5. The second kappa shape index (κ2) is 10.8. The zero-order valence-corrected chi connectivity index (χ0v) is 22.3. The first-order valence-electron chi connectivity index (χ1n) is 11.4. The predicted molar refractivity (Wildman–Crippen MR) is 125 cm³/mol. The van der Waals surface area contributed by atoms with Crippen molar-refractivity contribution >= 4 is 16.1 Å². The lowest BCUT2D eigenvalue weighted by molar-refractivity contribution is -0.155. The Kier molecular flexibility index (Phi) is 10.6. The number of methoxy groups -OCH3 is 1. The van der Waals surface area contributed by atoms with Crippen molar-refractivity contribution in [2.75, 3.05) is 14.2 Å². The summed E-state index contributed by atoms with van der Waals surface area (Å²) in [5, 5.41) is 0. The molecule has 0 amide bonds. The maximum atomic E-state index is 13.0. The average molecular weight is 449 g/mol. The maximum Gasteiger partial charge on any atom is 0.330 e. The lowest BCUT2D eigenvalue weighted by Gasteiger charge is -2.59. The molecule has 0 aromatic carbocycles. The van der Waals surface area contributed by atoms with Gasteiger partial charge in [0.25, 0.3) is 10.1 Å². The smallest absolute Gasteiger partial charge is 0.330 e. The third kappa shape index (κ3) is 5.23. The first kappa shape index (κ1) is 29.4. The lowest BCUT2D eigenvalue weighted by Crippen LogP contribution is -2.64. The topological polar surface area (TPSA) is 69.7 Å². The Hall–Kier alpha value is -0.620. The van der Waals surface area contributed by atoms with Crippen molar-refractivity contribution in [3.8, 4) is 0 Å². The third-order valence-electron chi connectivity index (χ3n) is 8.88. The van der Waals surface area contributed by atoms with E-state index in [1.807, 2.05) is 13.8 Å². The van der Waals surface area contributed by atoms with Crippen LogP contribution in [0, 0.1) is 22.2 Å². The average Bonchev–Trinajstić information content (AvgIpc) is 2.68. The molecule has 6 heteroatoms. The Bertz CT molecular complexity index is 649. The Morgan fingerprint density at radius 1 is 0.833 bits per heavy atom. The standard InChI is InChI=1S/C24H48O5S/c1-12-13-14-15-16-17-18-19(2)21(3,4)22(5,6)23(7,8)24(9,20(25)28-10)30(26,27)29-11/h19H,12-18H2,1-11H3. The molecule has 0 heterocycles. The molecule has 2 unspecified atom stereocenters. The van der Waals surface area contributed by atoms with Crippen LogP contribution in [0.15, 0.2) is 0 Å². The van der Waals surface area contributed by atoms with Gasteiger partial charge in [-0.2, -0.15) is 8.42 Å². The Labute approximate surface area is 186 Å². The summed E-state index contributed by atoms with van der Waals surface area (Å²) in [4.78, 5) is 12.8. The molecule has 0 saturated heterocycles. The number of carbonyl (C=O) groups is 1. The molecule has 0 saturated carbocycles. The van der Waals surface area contributed by atoms with Gasteiger partial charge >= 0.3 is 5.97 Å². The van der Waals surface area contributed by atoms with E-state index in [1.165, 1.54) is 46.1 Å². The molecule has 0 aromatic heterocycles. The minimum atomic E-state index is -4.20. The largest absolute Gasteiger partial charge is 0.468 e. The van der Waals surface area contributed by atoms with Crippen LogP contribution in [0.1, 0.15) is 107 Å². The normalized spacial score (nSPS) is 16.8. The van der Waals surface area contributed by atoms with Crippen LogP contribution < -0.4 is 0 Å². The monoisotopic (exact) mass is 448 g/mol. The molecule has 0 fully saturated rings. The molecule has 0 spiro atoms. The molecule has 5 nitrogen and oxygen atoms in total. The number of esters is 1. The summed E-state index contributed by atoms with van der Waals surface area (Å²) in [6, 6.07) is 0. The van der Waals surface area contributed by atoms with Gasteiger partial charge in [-0.15, -0.1) is 0 Å². The highest BCUT2D eigenvalue weighted by molar-refractivity contribution is 7.89. The Morgan fingerprint density at radius 2 is 1.30 bits per heavy atom. The highest BCUT2D eigenvalue weighted by Gasteiger charge is 2.67. The second-order valence-electron chi connectivity index (χ2n) is 10.6. The molecular weight excluding hydrogens is 400 g/mol. The maximum absolute atomic E-state index is 13.0. The third-order valence-corrected chi connectivity index (χ3v) is 11.0. The SMILES string of the molecule is CCCCCCCCC(C)C(C)(C)C(C)(C)C(C)(C)C(C)(C(=O)OC)S(=O)(=O)OC. The van der Waals surface area contributed by atoms with E-state index in [2.05, 4.69) is 41.5 Å². The van der Waals surface area contributed by atoms with Gasteiger partial charge in [-0.1, -0.05) is 100 Å². The van der Waals surface area contributed by atoms with Crippen molar-refractivity contribution in [3.63, 3.8) is 0 Å². The van der Waals surface area contributed by atoms with E-state index >= 15 is 0 Å². The summed E-state index contributed by atoms with van der Waals surface area (Å²) in [6.07, 6.45) is 8.56. The van der Waals surface area contributed by atoms with Gasteiger partial charge in [-0.25, -0.2) is 0 Å². The predicted octanol–water partition coefficient (Wildman–Crippen LogP) is 6.36. The van der Waals surface area contributed by atoms with Crippen molar-refractivity contribution in [2.24, 2.45) is 22.2 Å². The summed E-state index contributed by atoms with van der Waals surface area (Å²) in [7, 11) is -1.88. The van der Waals surface area contributed by atoms with Crippen molar-refractivity contribution in [3.05, 3.63) is 0 Å². The number of rotatable bonds is 14. The van der Waals surface area contributed by atoms with Gasteiger partial charge in [0.2, 0.25) is 0 Å². The number of unbranched alkanes of at least 4 members (excludes halogenated alkanes) is 5. The van der Waals surface area contributed by atoms with Crippen LogP contribution in [0.5, 0.6) is 0 Å². The van der Waals surface area contributed by atoms with E-state index in [9.17, 15) is 13.2 Å². The molecule has 0 aromatic rings. The molecule has 0 rings (SSSR count). The van der Waals surface area contributed by atoms with Gasteiger partial charge in [0.05, 0.1) is 14.2 Å². The molecule has 0 radical (unpaired) electrons. The fourth-order valence-corrected chi connectivity index (χ4v) is 6.14. The lowest BCUT2D eigenvalue weighted by atomic mass is 9.48. The molecule has 0 aliphatic rings. The minimum absolute atomic E-state index is 0.238. The molecule has 0 aliphatic heterocycles. The Balaban J connectivity index is 5.88. The molecule has 0 N–H and O–H groups in total. The van der Waals surface area contributed by atoms with E-state index < -0.39 is 31.7 Å². The van der Waals surface area contributed by atoms with Crippen LogP contribution >= 0.6 is 0 Å². The number of carbonyl (C=O) groups excluding carboxylic acids is 1. The van der Waals surface area contributed by atoms with Crippen molar-refractivity contribution in [1.29, 1.82) is 0 Å². The molecule has 0 aliphatic carbocycles. The van der Waals surface area contributed by atoms with Gasteiger partial charge in [0.1, 0.15) is 0 Å². The molecule has 2 atom stereocenters. The highest BCUT2D eigenvalue weighted by atomic mass is 32.2. The Morgan fingerprint density at radius 3 is 1.73 bits per heavy atom. The number of ether oxygens (including phenoxy) is 1. The molecule has 180 valence electrons. The van der Waals surface area contributed by atoms with Crippen LogP contribution in [0.2, 0.25) is 0 Å². The van der Waals surface area contributed by atoms with Crippen molar-refractivity contribution < 1.29 is 22.1 Å². The summed E-state index contributed by atoms with van der Waals surface area (Å²) in [6.45, 7) is 18.1. The van der Waals surface area contributed by atoms with Gasteiger partial charge < -0.3 is 4.74 Å². The van der Waals surface area contributed by atoms with Gasteiger partial charge in [-0.05, 0) is 23.7 Å². The van der Waals surface area contributed by atoms with Gasteiger partial charge in [-0.3, -0.25) is 8.98 Å². The second-order valence-corrected chi connectivity index (χ2v) is 12.6. The van der Waals surface area contributed by atoms with Crippen LogP contribution in [0.3, 0.4) is 0 Å². The zero-order chi connectivity index (χ0) is 24.0. The fraction of sp³-hybridized carbons (Fsp3) is 0.958. The van der Waals surface area contributed by atoms with E-state index in [0.717, 1.165) is 20.0 Å². The summed E-state index contributed by atoms with van der Waals surface area (Å²) >= 11 is 0. The highest BCUT2D eigenvalue weighted by Crippen LogP contribution is 2.61. The van der Waals surface area contributed by atoms with Crippen LogP contribution in [-0.4, -0.2) is 33.4 Å². The van der Waals surface area contributed by atoms with E-state index in [4.69, 9.17) is 8.92 Å². The van der Waals surface area contributed by atoms with Crippen LogP contribution in [0.25, 0.3) is 0 Å². The molecule has 0 bridgehead atoms. The van der Waals surface area contributed by atoms with Gasteiger partial charge in [0, 0.05) is 5.41 Å². The number of hydrogen-bond acceptors (Lipinski definition) is 5. The molecule has 30 heavy (non-hydrogen) atoms. The van der Waals surface area contributed by atoms with E-state index in [1.54, 1.807) is 0 Å². The van der Waals surface area contributed by atoms with Crippen molar-refractivity contribution in [2.45, 2.75) is 112 Å². The van der Waals surface area contributed by atoms with E-state index in [0.29, 0.717) is 5.92 Å². The summed E-state index contributed by atoms with van der Waals surface area (Å²) in [5.41, 5.74) is -1.74. The quantitative estimate of drug-likeness (QED) is 0.176. The fourth-order valence-electron chi connectivity index (χ4n) is 4.64. The van der Waals surface area contributed by atoms with E-state index in [-0.39, 0.29) is 5.41 Å². The van der Waals surface area contributed by atoms with Gasteiger partial charge in [0.15, 0.2) is 4.75 Å². The first-order valence-corrected chi connectivity index (χ1v) is 12.8. The summed E-state index contributed by atoms with van der Waals surface area (Å²) in [5.74, 6) is -0.438. The van der Waals surface area contributed by atoms with Crippen LogP contribution in [-0.2, 0) is 23.8 Å². The number of hydrogen-bond donors (Lipinski definition) is 0. The summed E-state index contributed by atoms with van der Waals surface area (Å²) < 4.78 is 34.0. The van der Waals surface area contributed by atoms with Crippen molar-refractivity contribution in [1.82, 2.24) is 0 Å². The van der Waals surface area contributed by atoms with Crippen LogP contribution in [0.4, 0.5) is 0 Å². The minimum Gasteiger partial charge on any atom is -0.468 e. The molecular formula is C24H48O5S. The zero-order valence-electron chi connectivity index (χ0n) is 21.5.